The van der Waals surface area contributed by atoms with Crippen LogP contribution in [0, 0.1) is 0 Å². The van der Waals surface area contributed by atoms with Crippen molar-refractivity contribution < 1.29 is 14.3 Å². The molecule has 120 valence electrons. The van der Waals surface area contributed by atoms with Crippen LogP contribution in [0.3, 0.4) is 0 Å². The Labute approximate surface area is 144 Å². The highest BCUT2D eigenvalue weighted by atomic mass is 35.5. The zero-order valence-electron chi connectivity index (χ0n) is 12.4. The summed E-state index contributed by atoms with van der Waals surface area (Å²) in [6.07, 6.45) is 3.13. The second kappa shape index (κ2) is 8.58. The van der Waals surface area contributed by atoms with E-state index in [-0.39, 0.29) is 12.7 Å². The first-order chi connectivity index (χ1) is 11.1. The Kier molecular flexibility index (Phi) is 6.47. The van der Waals surface area contributed by atoms with Crippen molar-refractivity contribution in [2.75, 3.05) is 19.2 Å². The molecule has 0 aliphatic heterocycles. The Morgan fingerprint density at radius 3 is 2.39 bits per heavy atom. The van der Waals surface area contributed by atoms with Crippen LogP contribution in [0.1, 0.15) is 5.56 Å². The Morgan fingerprint density at radius 2 is 1.78 bits per heavy atom. The number of hydrogen-bond acceptors (Lipinski definition) is 3. The molecule has 0 aliphatic carbocycles. The smallest absolute Gasteiger partial charge is 0.248 e. The van der Waals surface area contributed by atoms with Crippen LogP contribution < -0.4 is 10.1 Å². The number of carbonyl (C=O) groups is 1. The minimum absolute atomic E-state index is 0.194. The highest BCUT2D eigenvalue weighted by molar-refractivity contribution is 6.35. The van der Waals surface area contributed by atoms with Crippen LogP contribution in [0.5, 0.6) is 5.75 Å². The van der Waals surface area contributed by atoms with Crippen molar-refractivity contribution >= 4 is 40.9 Å². The molecule has 2 aromatic carbocycles. The van der Waals surface area contributed by atoms with Crippen molar-refractivity contribution in [2.24, 2.45) is 0 Å². The Hall–Kier alpha value is -2.01. The van der Waals surface area contributed by atoms with Gasteiger partial charge in [0.2, 0.25) is 5.91 Å². The molecule has 0 atom stereocenters. The number of nitrogens with one attached hydrogen (secondary N) is 1. The molecule has 1 N–H and O–H groups in total. The predicted molar refractivity (Wildman–Crippen MR) is 93.1 cm³/mol. The van der Waals surface area contributed by atoms with Gasteiger partial charge in [-0.05, 0) is 42.0 Å². The second-order valence-electron chi connectivity index (χ2n) is 4.60. The molecular formula is C17H15Cl2NO3. The monoisotopic (exact) mass is 351 g/mol. The van der Waals surface area contributed by atoms with E-state index in [2.05, 4.69) is 5.32 Å². The summed E-state index contributed by atoms with van der Waals surface area (Å²) in [5, 5.41) is 3.62. The topological polar surface area (TPSA) is 47.6 Å². The first-order valence-corrected chi connectivity index (χ1v) is 7.49. The fraction of sp³-hybridized carbons (Fsp3) is 0.118. The number of amides is 1. The van der Waals surface area contributed by atoms with E-state index < -0.39 is 0 Å². The molecule has 0 aliphatic rings. The second-order valence-corrected chi connectivity index (χ2v) is 5.47. The summed E-state index contributed by atoms with van der Waals surface area (Å²) in [6, 6.07) is 12.1. The third-order valence-electron chi connectivity index (χ3n) is 2.78. The normalized spacial score (nSPS) is 10.7. The van der Waals surface area contributed by atoms with Crippen molar-refractivity contribution in [1.82, 2.24) is 0 Å². The maximum absolute atomic E-state index is 11.9. The summed E-state index contributed by atoms with van der Waals surface area (Å²) in [6.45, 7) is 0.194. The van der Waals surface area contributed by atoms with E-state index in [1.54, 1.807) is 43.5 Å². The van der Waals surface area contributed by atoms with Gasteiger partial charge in [0.1, 0.15) is 5.75 Å². The van der Waals surface area contributed by atoms with Gasteiger partial charge in [0.25, 0.3) is 0 Å². The van der Waals surface area contributed by atoms with Gasteiger partial charge in [-0.3, -0.25) is 4.79 Å². The lowest BCUT2D eigenvalue weighted by Gasteiger charge is -2.05. The molecule has 0 saturated heterocycles. The molecule has 0 bridgehead atoms. The van der Waals surface area contributed by atoms with Crippen molar-refractivity contribution in [3.05, 3.63) is 64.1 Å². The fourth-order valence-electron chi connectivity index (χ4n) is 1.78. The summed E-state index contributed by atoms with van der Waals surface area (Å²) in [5.41, 5.74) is 1.41. The third-order valence-corrected chi connectivity index (χ3v) is 3.22. The molecule has 0 radical (unpaired) electrons. The van der Waals surface area contributed by atoms with Crippen molar-refractivity contribution in [2.45, 2.75) is 0 Å². The van der Waals surface area contributed by atoms with Crippen molar-refractivity contribution in [3.8, 4) is 5.75 Å². The summed E-state index contributed by atoms with van der Waals surface area (Å²) in [5.74, 6) is 0.421. The van der Waals surface area contributed by atoms with Gasteiger partial charge in [-0.15, -0.1) is 0 Å². The van der Waals surface area contributed by atoms with Gasteiger partial charge < -0.3 is 14.8 Å². The van der Waals surface area contributed by atoms with Crippen LogP contribution in [0.2, 0.25) is 10.0 Å². The molecule has 1 amide bonds. The van der Waals surface area contributed by atoms with E-state index in [1.165, 1.54) is 6.08 Å². The first-order valence-electron chi connectivity index (χ1n) is 6.74. The maximum atomic E-state index is 11.9. The number of halogens is 2. The van der Waals surface area contributed by atoms with Crippen molar-refractivity contribution in [1.29, 1.82) is 0 Å². The Morgan fingerprint density at radius 1 is 1.13 bits per heavy atom. The van der Waals surface area contributed by atoms with Gasteiger partial charge in [0.15, 0.2) is 6.79 Å². The number of ether oxygens (including phenoxy) is 2. The molecule has 2 aromatic rings. The van der Waals surface area contributed by atoms with Gasteiger partial charge in [-0.1, -0.05) is 35.3 Å². The average Bonchev–Trinajstić information content (AvgIpc) is 2.51. The van der Waals surface area contributed by atoms with Crippen LogP contribution in [0.25, 0.3) is 6.08 Å². The third kappa shape index (κ3) is 5.94. The molecule has 0 fully saturated rings. The summed E-state index contributed by atoms with van der Waals surface area (Å²) in [7, 11) is 1.56. The number of hydrogen-bond donors (Lipinski definition) is 1. The average molecular weight is 352 g/mol. The highest BCUT2D eigenvalue weighted by Crippen LogP contribution is 2.22. The largest absolute Gasteiger partial charge is 0.468 e. The zero-order valence-corrected chi connectivity index (χ0v) is 13.9. The van der Waals surface area contributed by atoms with Gasteiger partial charge >= 0.3 is 0 Å². The molecule has 0 unspecified atom stereocenters. The minimum atomic E-state index is -0.275. The lowest BCUT2D eigenvalue weighted by molar-refractivity contribution is -0.111. The number of methoxy groups -OCH3 is 1. The van der Waals surface area contributed by atoms with Crippen LogP contribution >= 0.6 is 23.2 Å². The molecular weight excluding hydrogens is 337 g/mol. The quantitative estimate of drug-likeness (QED) is 0.609. The number of rotatable bonds is 6. The van der Waals surface area contributed by atoms with E-state index in [0.29, 0.717) is 21.5 Å². The van der Waals surface area contributed by atoms with Crippen molar-refractivity contribution in [3.63, 3.8) is 0 Å². The molecule has 2 rings (SSSR count). The lowest BCUT2D eigenvalue weighted by atomic mass is 10.2. The van der Waals surface area contributed by atoms with E-state index >= 15 is 0 Å². The number of carbonyl (C=O) groups excluding carboxylic acids is 1. The molecule has 0 heterocycles. The summed E-state index contributed by atoms with van der Waals surface area (Å²) >= 11 is 11.8. The molecule has 4 nitrogen and oxygen atoms in total. The number of benzene rings is 2. The van der Waals surface area contributed by atoms with Gasteiger partial charge in [0.05, 0.1) is 0 Å². The SMILES string of the molecule is COCOc1ccc(/C=C/C(=O)Nc2cc(Cl)cc(Cl)c2)cc1. The Bertz CT molecular complexity index is 679. The van der Waals surface area contributed by atoms with Gasteiger partial charge in [0, 0.05) is 28.9 Å². The minimum Gasteiger partial charge on any atom is -0.468 e. The van der Waals surface area contributed by atoms with E-state index in [9.17, 15) is 4.79 Å². The van der Waals surface area contributed by atoms with Gasteiger partial charge in [-0.25, -0.2) is 0 Å². The summed E-state index contributed by atoms with van der Waals surface area (Å²) in [4.78, 5) is 11.9. The van der Waals surface area contributed by atoms with E-state index in [1.807, 2.05) is 12.1 Å². The van der Waals surface area contributed by atoms with Crippen LogP contribution in [-0.4, -0.2) is 19.8 Å². The molecule has 0 saturated carbocycles. The fourth-order valence-corrected chi connectivity index (χ4v) is 2.31. The van der Waals surface area contributed by atoms with Crippen LogP contribution in [-0.2, 0) is 9.53 Å². The van der Waals surface area contributed by atoms with E-state index in [0.717, 1.165) is 5.56 Å². The molecule has 0 aromatic heterocycles. The molecule has 0 spiro atoms. The molecule has 23 heavy (non-hydrogen) atoms. The van der Waals surface area contributed by atoms with E-state index in [4.69, 9.17) is 32.7 Å². The first kappa shape index (κ1) is 17.3. The van der Waals surface area contributed by atoms with Crippen LogP contribution in [0.4, 0.5) is 5.69 Å². The lowest BCUT2D eigenvalue weighted by Crippen LogP contribution is -2.07. The zero-order chi connectivity index (χ0) is 16.7. The maximum Gasteiger partial charge on any atom is 0.248 e. The standard InChI is InChI=1S/C17H15Cl2NO3/c1-22-11-23-16-5-2-12(3-6-16)4-7-17(21)20-15-9-13(18)8-14(19)10-15/h2-10H,11H2,1H3,(H,20,21)/b7-4+. The highest BCUT2D eigenvalue weighted by Gasteiger charge is 2.01. The number of anilines is 1. The summed E-state index contributed by atoms with van der Waals surface area (Å²) < 4.78 is 10.1. The molecule has 6 heteroatoms. The van der Waals surface area contributed by atoms with Crippen LogP contribution in [0.15, 0.2) is 48.5 Å². The predicted octanol–water partition coefficient (Wildman–Crippen LogP) is 4.63. The Balaban J connectivity index is 1.95. The van der Waals surface area contributed by atoms with Gasteiger partial charge in [-0.2, -0.15) is 0 Å².